The van der Waals surface area contributed by atoms with Gasteiger partial charge >= 0.3 is 0 Å². The molecule has 1 N–H and O–H groups in total. The highest BCUT2D eigenvalue weighted by molar-refractivity contribution is 5.99. The monoisotopic (exact) mass is 264 g/mol. The molecule has 1 aliphatic heterocycles. The minimum absolute atomic E-state index is 0.110. The summed E-state index contributed by atoms with van der Waals surface area (Å²) >= 11 is 0. The molecule has 4 nitrogen and oxygen atoms in total. The van der Waals surface area contributed by atoms with E-state index in [1.165, 1.54) is 19.3 Å². The van der Waals surface area contributed by atoms with Crippen LogP contribution in [0.3, 0.4) is 0 Å². The average Bonchev–Trinajstić information content (AvgIpc) is 3.24. The molecular formula is C15H24N2O2. The summed E-state index contributed by atoms with van der Waals surface area (Å²) in [5.74, 6) is 0.918. The Hall–Kier alpha value is -1.06. The molecule has 0 aromatic carbocycles. The van der Waals surface area contributed by atoms with Crippen molar-refractivity contribution in [3.05, 3.63) is 0 Å². The number of hydrogen-bond donors (Lipinski definition) is 1. The van der Waals surface area contributed by atoms with Gasteiger partial charge in [0, 0.05) is 6.54 Å². The van der Waals surface area contributed by atoms with Crippen LogP contribution in [0.5, 0.6) is 0 Å². The van der Waals surface area contributed by atoms with Gasteiger partial charge in [-0.1, -0.05) is 26.2 Å². The van der Waals surface area contributed by atoms with Crippen molar-refractivity contribution >= 4 is 11.8 Å². The second kappa shape index (κ2) is 4.80. The molecule has 1 saturated heterocycles. The highest BCUT2D eigenvalue weighted by Crippen LogP contribution is 2.40. The van der Waals surface area contributed by atoms with Crippen molar-refractivity contribution in [1.29, 1.82) is 0 Å². The molecule has 0 aromatic heterocycles. The molecule has 1 spiro atoms. The van der Waals surface area contributed by atoms with Gasteiger partial charge in [-0.15, -0.1) is 0 Å². The van der Waals surface area contributed by atoms with Crippen LogP contribution in [-0.4, -0.2) is 34.8 Å². The molecule has 0 aromatic rings. The summed E-state index contributed by atoms with van der Waals surface area (Å²) in [6.07, 6.45) is 8.18. The van der Waals surface area contributed by atoms with Crippen molar-refractivity contribution in [2.45, 2.75) is 69.9 Å². The molecule has 1 heterocycles. The van der Waals surface area contributed by atoms with E-state index in [9.17, 15) is 9.59 Å². The number of rotatable bonds is 3. The molecule has 3 fully saturated rings. The Bertz CT molecular complexity index is 384. The van der Waals surface area contributed by atoms with E-state index in [0.717, 1.165) is 32.2 Å². The number of hydrogen-bond acceptors (Lipinski definition) is 2. The Morgan fingerprint density at radius 1 is 1.21 bits per heavy atom. The molecule has 2 saturated carbocycles. The summed E-state index contributed by atoms with van der Waals surface area (Å²) in [7, 11) is 0. The van der Waals surface area contributed by atoms with Gasteiger partial charge in [-0.3, -0.25) is 9.59 Å². The van der Waals surface area contributed by atoms with Crippen molar-refractivity contribution in [2.24, 2.45) is 5.92 Å². The van der Waals surface area contributed by atoms with Crippen molar-refractivity contribution in [3.8, 4) is 0 Å². The van der Waals surface area contributed by atoms with Crippen LogP contribution in [0.25, 0.3) is 0 Å². The molecule has 1 atom stereocenters. The van der Waals surface area contributed by atoms with E-state index in [4.69, 9.17) is 0 Å². The lowest BCUT2D eigenvalue weighted by molar-refractivity contribution is -0.160. The summed E-state index contributed by atoms with van der Waals surface area (Å²) in [5.41, 5.74) is -0.510. The molecule has 106 valence electrons. The van der Waals surface area contributed by atoms with E-state index >= 15 is 0 Å². The Morgan fingerprint density at radius 3 is 2.47 bits per heavy atom. The molecule has 2 amide bonds. The van der Waals surface area contributed by atoms with Crippen LogP contribution < -0.4 is 5.32 Å². The second-order valence-corrected chi connectivity index (χ2v) is 6.42. The van der Waals surface area contributed by atoms with Crippen LogP contribution in [-0.2, 0) is 9.59 Å². The SMILES string of the molecule is CCC1NC(=O)C2(CCCCC2)N(CC2CC2)C1=O. The van der Waals surface area contributed by atoms with E-state index in [1.807, 2.05) is 11.8 Å². The fourth-order valence-corrected chi connectivity index (χ4v) is 3.61. The summed E-state index contributed by atoms with van der Waals surface area (Å²) in [6, 6.07) is -0.293. The van der Waals surface area contributed by atoms with E-state index in [0.29, 0.717) is 12.3 Å². The number of nitrogens with zero attached hydrogens (tertiary/aromatic N) is 1. The maximum Gasteiger partial charge on any atom is 0.246 e. The zero-order valence-corrected chi connectivity index (χ0v) is 11.8. The first-order valence-electron chi connectivity index (χ1n) is 7.80. The number of carbonyl (C=O) groups excluding carboxylic acids is 2. The van der Waals surface area contributed by atoms with Gasteiger partial charge in [-0.2, -0.15) is 0 Å². The predicted molar refractivity (Wildman–Crippen MR) is 72.5 cm³/mol. The van der Waals surface area contributed by atoms with E-state index < -0.39 is 5.54 Å². The minimum Gasteiger partial charge on any atom is -0.342 e. The zero-order valence-electron chi connectivity index (χ0n) is 11.8. The molecule has 19 heavy (non-hydrogen) atoms. The molecule has 3 rings (SSSR count). The Labute approximate surface area is 114 Å². The lowest BCUT2D eigenvalue weighted by Gasteiger charge is -2.50. The topological polar surface area (TPSA) is 49.4 Å². The maximum atomic E-state index is 12.6. The Balaban J connectivity index is 1.88. The second-order valence-electron chi connectivity index (χ2n) is 6.42. The third-order valence-corrected chi connectivity index (χ3v) is 5.04. The summed E-state index contributed by atoms with van der Waals surface area (Å²) in [6.45, 7) is 2.78. The molecule has 3 aliphatic rings. The lowest BCUT2D eigenvalue weighted by Crippen LogP contribution is -2.71. The standard InChI is InChI=1S/C15H24N2O2/c1-2-12-13(18)17(10-11-6-7-11)15(14(19)16-12)8-4-3-5-9-15/h11-12H,2-10H2,1H3,(H,16,19). The summed E-state index contributed by atoms with van der Waals surface area (Å²) < 4.78 is 0. The Morgan fingerprint density at radius 2 is 1.89 bits per heavy atom. The van der Waals surface area contributed by atoms with Gasteiger partial charge in [0.2, 0.25) is 11.8 Å². The Kier molecular flexibility index (Phi) is 3.27. The quantitative estimate of drug-likeness (QED) is 0.845. The van der Waals surface area contributed by atoms with Crippen molar-refractivity contribution < 1.29 is 9.59 Å². The van der Waals surface area contributed by atoms with Crippen molar-refractivity contribution in [1.82, 2.24) is 10.2 Å². The first-order chi connectivity index (χ1) is 9.17. The third-order valence-electron chi connectivity index (χ3n) is 5.04. The highest BCUT2D eigenvalue weighted by Gasteiger charge is 2.53. The normalized spacial score (nSPS) is 30.6. The van der Waals surface area contributed by atoms with Gasteiger partial charge in [0.1, 0.15) is 11.6 Å². The number of carbonyl (C=O) groups is 2. The fourth-order valence-electron chi connectivity index (χ4n) is 3.61. The minimum atomic E-state index is -0.510. The molecule has 0 radical (unpaired) electrons. The molecule has 0 bridgehead atoms. The van der Waals surface area contributed by atoms with Crippen LogP contribution in [0.4, 0.5) is 0 Å². The van der Waals surface area contributed by atoms with Gasteiger partial charge in [0.25, 0.3) is 0 Å². The van der Waals surface area contributed by atoms with E-state index in [1.54, 1.807) is 0 Å². The van der Waals surface area contributed by atoms with Gasteiger partial charge in [0.15, 0.2) is 0 Å². The smallest absolute Gasteiger partial charge is 0.246 e. The molecule has 4 heteroatoms. The number of amides is 2. The number of piperazine rings is 1. The van der Waals surface area contributed by atoms with Crippen LogP contribution in [0.15, 0.2) is 0 Å². The van der Waals surface area contributed by atoms with Crippen LogP contribution in [0.1, 0.15) is 58.3 Å². The van der Waals surface area contributed by atoms with Crippen molar-refractivity contribution in [2.75, 3.05) is 6.54 Å². The van der Waals surface area contributed by atoms with Crippen LogP contribution in [0, 0.1) is 5.92 Å². The maximum absolute atomic E-state index is 12.6. The molecule has 2 aliphatic carbocycles. The van der Waals surface area contributed by atoms with E-state index in [2.05, 4.69) is 5.32 Å². The highest BCUT2D eigenvalue weighted by atomic mass is 16.2. The predicted octanol–water partition coefficient (Wildman–Crippen LogP) is 1.84. The van der Waals surface area contributed by atoms with Crippen LogP contribution >= 0.6 is 0 Å². The summed E-state index contributed by atoms with van der Waals surface area (Å²) in [5, 5.41) is 2.97. The molecule has 1 unspecified atom stereocenters. The average molecular weight is 264 g/mol. The first-order valence-corrected chi connectivity index (χ1v) is 7.80. The van der Waals surface area contributed by atoms with Crippen molar-refractivity contribution in [3.63, 3.8) is 0 Å². The van der Waals surface area contributed by atoms with Crippen LogP contribution in [0.2, 0.25) is 0 Å². The zero-order chi connectivity index (χ0) is 13.5. The van der Waals surface area contributed by atoms with Gasteiger partial charge in [0.05, 0.1) is 0 Å². The molecular weight excluding hydrogens is 240 g/mol. The van der Waals surface area contributed by atoms with Gasteiger partial charge < -0.3 is 10.2 Å². The summed E-state index contributed by atoms with van der Waals surface area (Å²) in [4.78, 5) is 27.2. The first kappa shape index (κ1) is 12.9. The van der Waals surface area contributed by atoms with E-state index in [-0.39, 0.29) is 17.9 Å². The number of nitrogens with one attached hydrogen (secondary N) is 1. The van der Waals surface area contributed by atoms with Gasteiger partial charge in [-0.25, -0.2) is 0 Å². The third kappa shape index (κ3) is 2.15. The fraction of sp³-hybridized carbons (Fsp3) is 0.867. The largest absolute Gasteiger partial charge is 0.342 e. The lowest BCUT2D eigenvalue weighted by atomic mass is 9.77. The van der Waals surface area contributed by atoms with Gasteiger partial charge in [-0.05, 0) is 38.0 Å².